The Morgan fingerprint density at radius 3 is 2.05 bits per heavy atom. The topological polar surface area (TPSA) is 92.4 Å². The number of nitrogens with two attached hydrogens (primary N) is 1. The van der Waals surface area contributed by atoms with Crippen molar-refractivity contribution in [3.63, 3.8) is 0 Å². The van der Waals surface area contributed by atoms with Crippen LogP contribution in [0.3, 0.4) is 0 Å². The number of hydrogen-bond donors (Lipinski definition) is 3. The van der Waals surface area contributed by atoms with E-state index in [1.54, 1.807) is 0 Å². The standard InChI is InChI=1S/C14H28N2O3/c1-9(2)5-11(7-13(17)18)8-16-14(19)12(15)6-10(3)4/h9-12H,5-8,15H2,1-4H3,(H,16,19)(H,17,18)/t11-,12-/m0/s1. The fourth-order valence-electron chi connectivity index (χ4n) is 2.14. The molecule has 0 aliphatic heterocycles. The van der Waals surface area contributed by atoms with Gasteiger partial charge in [0.25, 0.3) is 0 Å². The molecule has 0 radical (unpaired) electrons. The van der Waals surface area contributed by atoms with Crippen LogP contribution in [0.2, 0.25) is 0 Å². The molecule has 0 fully saturated rings. The van der Waals surface area contributed by atoms with Gasteiger partial charge in [-0.15, -0.1) is 0 Å². The zero-order valence-electron chi connectivity index (χ0n) is 12.5. The molecule has 0 aromatic heterocycles. The van der Waals surface area contributed by atoms with E-state index in [4.69, 9.17) is 10.8 Å². The Morgan fingerprint density at radius 1 is 1.11 bits per heavy atom. The highest BCUT2D eigenvalue weighted by Crippen LogP contribution is 2.15. The molecule has 0 unspecified atom stereocenters. The van der Waals surface area contributed by atoms with Crippen molar-refractivity contribution in [1.82, 2.24) is 5.32 Å². The molecule has 112 valence electrons. The van der Waals surface area contributed by atoms with Crippen molar-refractivity contribution >= 4 is 11.9 Å². The smallest absolute Gasteiger partial charge is 0.303 e. The molecular weight excluding hydrogens is 244 g/mol. The number of carbonyl (C=O) groups excluding carboxylic acids is 1. The number of aliphatic carboxylic acids is 1. The average molecular weight is 272 g/mol. The second-order valence-corrected chi connectivity index (χ2v) is 6.07. The number of carbonyl (C=O) groups is 2. The van der Waals surface area contributed by atoms with Crippen LogP contribution in [-0.2, 0) is 9.59 Å². The van der Waals surface area contributed by atoms with Crippen LogP contribution >= 0.6 is 0 Å². The van der Waals surface area contributed by atoms with Crippen LogP contribution in [-0.4, -0.2) is 29.6 Å². The summed E-state index contributed by atoms with van der Waals surface area (Å²) in [5.74, 6) is -0.274. The molecule has 0 saturated heterocycles. The second kappa shape index (κ2) is 8.91. The molecule has 0 saturated carbocycles. The van der Waals surface area contributed by atoms with Crippen LogP contribution in [0, 0.1) is 17.8 Å². The minimum absolute atomic E-state index is 0.0345. The monoisotopic (exact) mass is 272 g/mol. The Morgan fingerprint density at radius 2 is 1.63 bits per heavy atom. The van der Waals surface area contributed by atoms with E-state index in [1.807, 2.05) is 27.7 Å². The van der Waals surface area contributed by atoms with Gasteiger partial charge in [0.1, 0.15) is 0 Å². The first-order valence-electron chi connectivity index (χ1n) is 6.97. The van der Waals surface area contributed by atoms with Gasteiger partial charge in [-0.2, -0.15) is 0 Å². The molecule has 0 aliphatic carbocycles. The summed E-state index contributed by atoms with van der Waals surface area (Å²) < 4.78 is 0. The molecule has 0 aromatic carbocycles. The largest absolute Gasteiger partial charge is 0.481 e. The molecule has 0 heterocycles. The van der Waals surface area contributed by atoms with Crippen LogP contribution in [0.15, 0.2) is 0 Å². The molecule has 0 bridgehead atoms. The Labute approximate surface area is 115 Å². The summed E-state index contributed by atoms with van der Waals surface area (Å²) in [4.78, 5) is 22.5. The van der Waals surface area contributed by atoms with Crippen molar-refractivity contribution < 1.29 is 14.7 Å². The van der Waals surface area contributed by atoms with Gasteiger partial charge in [-0.1, -0.05) is 27.7 Å². The predicted octanol–water partition coefficient (Wildman–Crippen LogP) is 1.61. The van der Waals surface area contributed by atoms with E-state index in [0.29, 0.717) is 24.8 Å². The minimum atomic E-state index is -0.827. The van der Waals surface area contributed by atoms with Crippen molar-refractivity contribution in [2.24, 2.45) is 23.5 Å². The molecule has 0 rings (SSSR count). The first-order valence-corrected chi connectivity index (χ1v) is 6.97. The van der Waals surface area contributed by atoms with E-state index >= 15 is 0 Å². The molecule has 5 heteroatoms. The van der Waals surface area contributed by atoms with E-state index in [-0.39, 0.29) is 18.2 Å². The molecule has 1 amide bonds. The first kappa shape index (κ1) is 17.9. The van der Waals surface area contributed by atoms with E-state index < -0.39 is 12.0 Å². The number of carboxylic acid groups (broad SMARTS) is 1. The van der Waals surface area contributed by atoms with Gasteiger partial charge in [0.05, 0.1) is 6.04 Å². The minimum Gasteiger partial charge on any atom is -0.481 e. The third kappa shape index (κ3) is 9.47. The van der Waals surface area contributed by atoms with Gasteiger partial charge in [-0.3, -0.25) is 9.59 Å². The van der Waals surface area contributed by atoms with Crippen LogP contribution in [0.5, 0.6) is 0 Å². The lowest BCUT2D eigenvalue weighted by molar-refractivity contribution is -0.138. The van der Waals surface area contributed by atoms with Gasteiger partial charge in [0, 0.05) is 13.0 Å². The Balaban J connectivity index is 4.22. The van der Waals surface area contributed by atoms with Gasteiger partial charge in [-0.05, 0) is 30.6 Å². The average Bonchev–Trinajstić information content (AvgIpc) is 2.22. The third-order valence-corrected chi connectivity index (χ3v) is 2.90. The zero-order valence-corrected chi connectivity index (χ0v) is 12.5. The predicted molar refractivity (Wildman–Crippen MR) is 75.6 cm³/mol. The van der Waals surface area contributed by atoms with E-state index in [0.717, 1.165) is 6.42 Å². The lowest BCUT2D eigenvalue weighted by Gasteiger charge is -2.20. The molecule has 0 aliphatic rings. The maximum absolute atomic E-state index is 11.8. The quantitative estimate of drug-likeness (QED) is 0.594. The van der Waals surface area contributed by atoms with Crippen LogP contribution in [0.4, 0.5) is 0 Å². The Kier molecular flexibility index (Phi) is 8.39. The Bertz CT molecular complexity index is 290. The van der Waals surface area contributed by atoms with E-state index in [2.05, 4.69) is 5.32 Å². The number of carboxylic acids is 1. The first-order chi connectivity index (χ1) is 8.72. The molecule has 4 N–H and O–H groups in total. The third-order valence-electron chi connectivity index (χ3n) is 2.90. The summed E-state index contributed by atoms with van der Waals surface area (Å²) in [5, 5.41) is 11.6. The summed E-state index contributed by atoms with van der Waals surface area (Å²) in [7, 11) is 0. The maximum atomic E-state index is 11.8. The number of amides is 1. The van der Waals surface area contributed by atoms with Gasteiger partial charge >= 0.3 is 5.97 Å². The van der Waals surface area contributed by atoms with E-state index in [1.165, 1.54) is 0 Å². The maximum Gasteiger partial charge on any atom is 0.303 e. The number of hydrogen-bond acceptors (Lipinski definition) is 3. The SMILES string of the molecule is CC(C)C[C@H](CNC(=O)[C@@H](N)CC(C)C)CC(=O)O. The van der Waals surface area contributed by atoms with Gasteiger partial charge < -0.3 is 16.2 Å². The zero-order chi connectivity index (χ0) is 15.0. The van der Waals surface area contributed by atoms with E-state index in [9.17, 15) is 9.59 Å². The highest BCUT2D eigenvalue weighted by Gasteiger charge is 2.19. The fourth-order valence-corrected chi connectivity index (χ4v) is 2.14. The van der Waals surface area contributed by atoms with Crippen LogP contribution in [0.25, 0.3) is 0 Å². The van der Waals surface area contributed by atoms with Crippen molar-refractivity contribution in [2.45, 2.75) is 53.0 Å². The highest BCUT2D eigenvalue weighted by atomic mass is 16.4. The van der Waals surface area contributed by atoms with Gasteiger partial charge in [-0.25, -0.2) is 0 Å². The van der Waals surface area contributed by atoms with Crippen molar-refractivity contribution in [2.75, 3.05) is 6.54 Å². The molecule has 0 spiro atoms. The van der Waals surface area contributed by atoms with Crippen LogP contribution < -0.4 is 11.1 Å². The highest BCUT2D eigenvalue weighted by molar-refractivity contribution is 5.81. The summed E-state index contributed by atoms with van der Waals surface area (Å²) in [5.41, 5.74) is 5.78. The summed E-state index contributed by atoms with van der Waals surface area (Å²) in [6, 6.07) is -0.510. The molecule has 2 atom stereocenters. The molecule has 5 nitrogen and oxygen atoms in total. The summed E-state index contributed by atoms with van der Waals surface area (Å²) in [6.45, 7) is 8.50. The molecule has 19 heavy (non-hydrogen) atoms. The summed E-state index contributed by atoms with van der Waals surface area (Å²) in [6.07, 6.45) is 1.50. The van der Waals surface area contributed by atoms with Crippen molar-refractivity contribution in [3.8, 4) is 0 Å². The van der Waals surface area contributed by atoms with Crippen molar-refractivity contribution in [3.05, 3.63) is 0 Å². The van der Waals surface area contributed by atoms with Crippen molar-refractivity contribution in [1.29, 1.82) is 0 Å². The van der Waals surface area contributed by atoms with Crippen LogP contribution in [0.1, 0.15) is 47.0 Å². The molecule has 0 aromatic rings. The molecular formula is C14H28N2O3. The normalized spacial score (nSPS) is 14.5. The second-order valence-electron chi connectivity index (χ2n) is 6.07. The fraction of sp³-hybridized carbons (Fsp3) is 0.857. The lowest BCUT2D eigenvalue weighted by Crippen LogP contribution is -2.43. The number of rotatable bonds is 9. The Hall–Kier alpha value is -1.10. The van der Waals surface area contributed by atoms with Gasteiger partial charge in [0.2, 0.25) is 5.91 Å². The number of nitrogens with one attached hydrogen (secondary N) is 1. The summed E-state index contributed by atoms with van der Waals surface area (Å²) >= 11 is 0. The lowest BCUT2D eigenvalue weighted by atomic mass is 9.94. The van der Waals surface area contributed by atoms with Gasteiger partial charge in [0.15, 0.2) is 0 Å².